The number of carbonyl (C=O) groups is 1. The van der Waals surface area contributed by atoms with Gasteiger partial charge in [-0.2, -0.15) is 4.31 Å². The van der Waals surface area contributed by atoms with Gasteiger partial charge in [-0.3, -0.25) is 0 Å². The van der Waals surface area contributed by atoms with Crippen LogP contribution in [-0.4, -0.2) is 79.9 Å². The molecule has 0 spiro atoms. The average molecular weight is 563 g/mol. The van der Waals surface area contributed by atoms with Crippen molar-refractivity contribution in [1.29, 1.82) is 0 Å². The molecule has 0 saturated carbocycles. The van der Waals surface area contributed by atoms with Crippen molar-refractivity contribution in [2.75, 3.05) is 26.3 Å². The molecular formula is C28H38N2O8S. The average Bonchev–Trinajstić information content (AvgIpc) is 3.53. The molecule has 3 N–H and O–H groups in total. The first-order chi connectivity index (χ1) is 18.7. The van der Waals surface area contributed by atoms with E-state index in [4.69, 9.17) is 14.2 Å². The maximum atomic E-state index is 13.6. The highest BCUT2D eigenvalue weighted by Gasteiger charge is 2.44. The number of rotatable bonds is 12. The molecule has 4 rings (SSSR count). The van der Waals surface area contributed by atoms with Crippen LogP contribution in [0.4, 0.5) is 4.79 Å². The van der Waals surface area contributed by atoms with Crippen LogP contribution in [0, 0.1) is 11.8 Å². The molecule has 2 fully saturated rings. The molecule has 0 aromatic heterocycles. The van der Waals surface area contributed by atoms with Crippen LogP contribution in [0.3, 0.4) is 0 Å². The van der Waals surface area contributed by atoms with Crippen molar-refractivity contribution in [3.63, 3.8) is 0 Å². The fourth-order valence-corrected chi connectivity index (χ4v) is 6.68. The number of hydrogen-bond donors (Lipinski definition) is 3. The third kappa shape index (κ3) is 7.56. The van der Waals surface area contributed by atoms with Gasteiger partial charge in [0.2, 0.25) is 10.0 Å². The number of nitrogens with zero attached hydrogens (tertiary/aromatic N) is 1. The van der Waals surface area contributed by atoms with Crippen LogP contribution in [0.2, 0.25) is 0 Å². The van der Waals surface area contributed by atoms with Crippen molar-refractivity contribution in [1.82, 2.24) is 9.62 Å². The summed E-state index contributed by atoms with van der Waals surface area (Å²) in [4.78, 5) is 13.0. The van der Waals surface area contributed by atoms with E-state index in [0.29, 0.717) is 12.2 Å². The number of benzene rings is 2. The minimum absolute atomic E-state index is 0.0255. The third-order valence-corrected chi connectivity index (χ3v) is 8.82. The zero-order valence-electron chi connectivity index (χ0n) is 22.3. The first-order valence-electron chi connectivity index (χ1n) is 13.3. The summed E-state index contributed by atoms with van der Waals surface area (Å²) < 4.78 is 45.2. The van der Waals surface area contributed by atoms with E-state index in [9.17, 15) is 23.4 Å². The van der Waals surface area contributed by atoms with Crippen LogP contribution < -0.4 is 5.32 Å². The molecule has 0 unspecified atom stereocenters. The van der Waals surface area contributed by atoms with E-state index >= 15 is 0 Å². The van der Waals surface area contributed by atoms with E-state index in [-0.39, 0.29) is 55.7 Å². The Balaban J connectivity index is 1.52. The predicted molar refractivity (Wildman–Crippen MR) is 143 cm³/mol. The number of alkyl carbamates (subject to hydrolysis) is 1. The van der Waals surface area contributed by atoms with E-state index in [0.717, 1.165) is 12.0 Å². The van der Waals surface area contributed by atoms with Crippen LogP contribution in [-0.2, 0) is 37.3 Å². The summed E-state index contributed by atoms with van der Waals surface area (Å²) in [6.07, 6.45) is -1.77. The molecule has 2 heterocycles. The lowest BCUT2D eigenvalue weighted by molar-refractivity contribution is -0.0907. The molecular weight excluding hydrogens is 524 g/mol. The third-order valence-electron chi connectivity index (χ3n) is 6.99. The number of fused-ring (bicyclic) bond motifs is 1. The largest absolute Gasteiger partial charge is 0.443 e. The molecule has 2 saturated heterocycles. The van der Waals surface area contributed by atoms with Gasteiger partial charge >= 0.3 is 6.09 Å². The Kier molecular flexibility index (Phi) is 9.97. The number of aliphatic hydroxyl groups excluding tert-OH is 2. The van der Waals surface area contributed by atoms with E-state index < -0.39 is 34.4 Å². The van der Waals surface area contributed by atoms with E-state index in [2.05, 4.69) is 5.32 Å². The molecule has 2 aromatic rings. The summed E-state index contributed by atoms with van der Waals surface area (Å²) in [5, 5.41) is 23.6. The normalized spacial score (nSPS) is 22.6. The van der Waals surface area contributed by atoms with Gasteiger partial charge in [-0.15, -0.1) is 0 Å². The summed E-state index contributed by atoms with van der Waals surface area (Å²) in [5.74, 6) is -0.0583. The lowest BCUT2D eigenvalue weighted by Crippen LogP contribution is -2.51. The van der Waals surface area contributed by atoms with E-state index in [1.165, 1.54) is 16.4 Å². The Hall–Kier alpha value is -2.54. The van der Waals surface area contributed by atoms with Gasteiger partial charge in [0, 0.05) is 13.1 Å². The van der Waals surface area contributed by atoms with Gasteiger partial charge in [0.1, 0.15) is 6.10 Å². The Morgan fingerprint density at radius 3 is 2.56 bits per heavy atom. The Morgan fingerprint density at radius 2 is 1.85 bits per heavy atom. The second-order valence-electron chi connectivity index (χ2n) is 10.5. The number of carbonyl (C=O) groups excluding carboxylic acids is 1. The Bertz CT molecular complexity index is 1190. The monoisotopic (exact) mass is 562 g/mol. The molecule has 0 aliphatic carbocycles. The van der Waals surface area contributed by atoms with Gasteiger partial charge in [0.05, 0.1) is 42.8 Å². The number of hydrogen-bond acceptors (Lipinski definition) is 8. The summed E-state index contributed by atoms with van der Waals surface area (Å²) in [7, 11) is -4.00. The van der Waals surface area contributed by atoms with Gasteiger partial charge in [0.15, 0.2) is 6.29 Å². The fraction of sp³-hybridized carbons (Fsp3) is 0.536. The van der Waals surface area contributed by atoms with Crippen molar-refractivity contribution >= 4 is 16.1 Å². The zero-order chi connectivity index (χ0) is 28.0. The van der Waals surface area contributed by atoms with Crippen LogP contribution in [0.5, 0.6) is 0 Å². The van der Waals surface area contributed by atoms with Crippen molar-refractivity contribution in [3.05, 3.63) is 65.7 Å². The molecule has 214 valence electrons. The number of nitrogens with one attached hydrogen (secondary N) is 1. The number of amides is 1. The lowest BCUT2D eigenvalue weighted by atomic mass is 10.0. The number of ether oxygens (including phenoxy) is 3. The molecule has 11 heteroatoms. The highest BCUT2D eigenvalue weighted by atomic mass is 32.2. The molecule has 2 aromatic carbocycles. The van der Waals surface area contributed by atoms with Gasteiger partial charge in [-0.1, -0.05) is 56.3 Å². The molecule has 1 amide bonds. The highest BCUT2D eigenvalue weighted by Crippen LogP contribution is 2.33. The maximum Gasteiger partial charge on any atom is 0.407 e. The second kappa shape index (κ2) is 13.2. The van der Waals surface area contributed by atoms with Crippen molar-refractivity contribution in [2.24, 2.45) is 11.8 Å². The standard InChI is InChI=1S/C28H38N2O8S/c1-19(2)15-30(39(34,35)22-10-6-9-21(13-22)17-31)16-25(32)24(14-20-7-4-3-5-8-20)29-28(33)38-26-18-37-27-23(26)11-12-36-27/h3-10,13,19,23-27,31-32H,11-12,14-18H2,1-2H3,(H,29,33)/t23-,24-,25+,26-,27+/m0/s1. The van der Waals surface area contributed by atoms with Crippen LogP contribution in [0.15, 0.2) is 59.5 Å². The van der Waals surface area contributed by atoms with Crippen LogP contribution in [0.1, 0.15) is 31.4 Å². The molecule has 10 nitrogen and oxygen atoms in total. The molecule has 39 heavy (non-hydrogen) atoms. The summed E-state index contributed by atoms with van der Waals surface area (Å²) >= 11 is 0. The highest BCUT2D eigenvalue weighted by molar-refractivity contribution is 7.89. The van der Waals surface area contributed by atoms with E-state index in [1.807, 2.05) is 44.2 Å². The Labute approximate surface area is 229 Å². The zero-order valence-corrected chi connectivity index (χ0v) is 23.1. The van der Waals surface area contributed by atoms with Gasteiger partial charge in [0.25, 0.3) is 0 Å². The first kappa shape index (κ1) is 29.4. The SMILES string of the molecule is CC(C)CN(C[C@@H](O)[C@H](Cc1ccccc1)NC(=O)O[C@H]1CO[C@H]2OCC[C@H]21)S(=O)(=O)c1cccc(CO)c1. The minimum Gasteiger partial charge on any atom is -0.443 e. The smallest absolute Gasteiger partial charge is 0.407 e. The van der Waals surface area contributed by atoms with Crippen LogP contribution in [0.25, 0.3) is 0 Å². The fourth-order valence-electron chi connectivity index (χ4n) is 4.99. The van der Waals surface area contributed by atoms with Crippen LogP contribution >= 0.6 is 0 Å². The van der Waals surface area contributed by atoms with Crippen molar-refractivity contribution < 1.29 is 37.6 Å². The van der Waals surface area contributed by atoms with E-state index in [1.54, 1.807) is 12.1 Å². The Morgan fingerprint density at radius 1 is 1.10 bits per heavy atom. The first-order valence-corrected chi connectivity index (χ1v) is 14.7. The number of aliphatic hydroxyl groups is 2. The van der Waals surface area contributed by atoms with Gasteiger partial charge in [-0.05, 0) is 42.0 Å². The van der Waals surface area contributed by atoms with Crippen molar-refractivity contribution in [2.45, 2.75) is 62.7 Å². The molecule has 5 atom stereocenters. The van der Waals surface area contributed by atoms with Gasteiger partial charge in [-0.25, -0.2) is 13.2 Å². The topological polar surface area (TPSA) is 135 Å². The quantitative estimate of drug-likeness (QED) is 0.359. The molecule has 2 aliphatic heterocycles. The molecule has 2 aliphatic rings. The predicted octanol–water partition coefficient (Wildman–Crippen LogP) is 2.29. The molecule has 0 bridgehead atoms. The minimum atomic E-state index is -4.00. The second-order valence-corrected chi connectivity index (χ2v) is 12.4. The summed E-state index contributed by atoms with van der Waals surface area (Å²) in [6.45, 7) is 4.19. The van der Waals surface area contributed by atoms with Crippen molar-refractivity contribution in [3.8, 4) is 0 Å². The summed E-state index contributed by atoms with van der Waals surface area (Å²) in [6, 6.07) is 14.6. The molecule has 0 radical (unpaired) electrons. The maximum absolute atomic E-state index is 13.6. The number of sulfonamides is 1. The lowest BCUT2D eigenvalue weighted by Gasteiger charge is -2.31. The van der Waals surface area contributed by atoms with Gasteiger partial charge < -0.3 is 29.7 Å². The summed E-state index contributed by atoms with van der Waals surface area (Å²) in [5.41, 5.74) is 1.34.